The second-order valence-corrected chi connectivity index (χ2v) is 4.02. The Hall–Kier alpha value is -1.68. The molecule has 17 heavy (non-hydrogen) atoms. The van der Waals surface area contributed by atoms with E-state index in [0.717, 1.165) is 35.6 Å². The average Bonchev–Trinajstić information content (AvgIpc) is 2.75. The summed E-state index contributed by atoms with van der Waals surface area (Å²) in [6.45, 7) is 5.63. The molecule has 1 heterocycles. The topological polar surface area (TPSA) is 40.7 Å². The summed E-state index contributed by atoms with van der Waals surface area (Å²) < 4.78 is 13.0. The van der Waals surface area contributed by atoms with Crippen molar-refractivity contribution < 1.29 is 4.39 Å². The number of nitrogens with zero attached hydrogens (tertiary/aromatic N) is 1. The maximum atomic E-state index is 13.0. The first kappa shape index (κ1) is 11.8. The molecule has 0 radical (unpaired) electrons. The predicted octanol–water partition coefficient (Wildman–Crippen LogP) is 2.63. The zero-order chi connectivity index (χ0) is 12.3. The number of aromatic amines is 1. The van der Waals surface area contributed by atoms with Gasteiger partial charge in [-0.15, -0.1) is 0 Å². The van der Waals surface area contributed by atoms with Crippen LogP contribution in [-0.4, -0.2) is 16.7 Å². The van der Waals surface area contributed by atoms with Crippen molar-refractivity contribution in [3.05, 3.63) is 41.3 Å². The molecule has 2 N–H and O–H groups in total. The Balaban J connectivity index is 2.24. The van der Waals surface area contributed by atoms with Crippen LogP contribution in [0.2, 0.25) is 0 Å². The number of benzene rings is 1. The molecule has 90 valence electrons. The van der Waals surface area contributed by atoms with E-state index < -0.39 is 0 Å². The van der Waals surface area contributed by atoms with Gasteiger partial charge in [-0.05, 0) is 43.3 Å². The van der Waals surface area contributed by atoms with Crippen molar-refractivity contribution in [2.45, 2.75) is 20.4 Å². The summed E-state index contributed by atoms with van der Waals surface area (Å²) in [6.07, 6.45) is 0. The van der Waals surface area contributed by atoms with E-state index in [1.807, 2.05) is 13.0 Å². The third-order valence-electron chi connectivity index (χ3n) is 2.66. The smallest absolute Gasteiger partial charge is 0.123 e. The molecule has 3 nitrogen and oxygen atoms in total. The summed E-state index contributed by atoms with van der Waals surface area (Å²) in [5.41, 5.74) is 3.75. The van der Waals surface area contributed by atoms with Crippen LogP contribution in [0.25, 0.3) is 11.3 Å². The monoisotopic (exact) mass is 233 g/mol. The lowest BCUT2D eigenvalue weighted by molar-refractivity contribution is 0.627. The van der Waals surface area contributed by atoms with Crippen LogP contribution in [0.15, 0.2) is 24.3 Å². The molecule has 1 aromatic carbocycles. The number of H-pyrrole nitrogens is 1. The van der Waals surface area contributed by atoms with Crippen molar-refractivity contribution in [3.63, 3.8) is 0 Å². The van der Waals surface area contributed by atoms with Gasteiger partial charge in [-0.2, -0.15) is 5.10 Å². The summed E-state index contributed by atoms with van der Waals surface area (Å²) in [6, 6.07) is 6.73. The lowest BCUT2D eigenvalue weighted by atomic mass is 10.1. The van der Waals surface area contributed by atoms with Gasteiger partial charge in [0.1, 0.15) is 5.82 Å². The first-order valence-electron chi connectivity index (χ1n) is 5.72. The maximum Gasteiger partial charge on any atom is 0.123 e. The molecule has 0 spiro atoms. The molecule has 0 aliphatic heterocycles. The number of hydrogen-bond acceptors (Lipinski definition) is 2. The highest BCUT2D eigenvalue weighted by molar-refractivity contribution is 5.63. The second kappa shape index (κ2) is 5.10. The molecule has 2 aromatic rings. The van der Waals surface area contributed by atoms with Crippen molar-refractivity contribution in [3.8, 4) is 11.3 Å². The molecule has 0 fully saturated rings. The quantitative estimate of drug-likeness (QED) is 0.852. The highest BCUT2D eigenvalue weighted by atomic mass is 19.1. The Bertz CT molecular complexity index is 505. The fraction of sp³-hybridized carbons (Fsp3) is 0.308. The Labute approximate surface area is 100 Å². The molecular formula is C13H16FN3. The van der Waals surface area contributed by atoms with E-state index in [9.17, 15) is 4.39 Å². The molecule has 0 aliphatic carbocycles. The van der Waals surface area contributed by atoms with Crippen molar-refractivity contribution in [2.75, 3.05) is 6.54 Å². The van der Waals surface area contributed by atoms with Crippen molar-refractivity contribution >= 4 is 0 Å². The first-order chi connectivity index (χ1) is 8.20. The zero-order valence-electron chi connectivity index (χ0n) is 10.0. The van der Waals surface area contributed by atoms with Gasteiger partial charge in [0.05, 0.1) is 5.69 Å². The molecule has 0 bridgehead atoms. The van der Waals surface area contributed by atoms with Crippen LogP contribution < -0.4 is 5.32 Å². The second-order valence-electron chi connectivity index (χ2n) is 4.02. The SMILES string of the molecule is CCNCc1cc(-c2ccc(F)cc2C)n[nH]1. The Morgan fingerprint density at radius 1 is 1.35 bits per heavy atom. The molecule has 0 aliphatic rings. The lowest BCUT2D eigenvalue weighted by Crippen LogP contribution is -2.11. The third-order valence-corrected chi connectivity index (χ3v) is 2.66. The van der Waals surface area contributed by atoms with E-state index in [-0.39, 0.29) is 5.82 Å². The van der Waals surface area contributed by atoms with E-state index in [4.69, 9.17) is 0 Å². The molecule has 1 aromatic heterocycles. The highest BCUT2D eigenvalue weighted by Gasteiger charge is 2.07. The third kappa shape index (κ3) is 2.71. The van der Waals surface area contributed by atoms with Crippen LogP contribution in [0.4, 0.5) is 4.39 Å². The Kier molecular flexibility index (Phi) is 3.54. The minimum absolute atomic E-state index is 0.213. The minimum Gasteiger partial charge on any atom is -0.311 e. The number of nitrogens with one attached hydrogen (secondary N) is 2. The molecule has 0 saturated heterocycles. The molecular weight excluding hydrogens is 217 g/mol. The Morgan fingerprint density at radius 2 is 2.18 bits per heavy atom. The summed E-state index contributed by atoms with van der Waals surface area (Å²) >= 11 is 0. The van der Waals surface area contributed by atoms with Crippen LogP contribution in [-0.2, 0) is 6.54 Å². The average molecular weight is 233 g/mol. The molecule has 0 amide bonds. The predicted molar refractivity (Wildman–Crippen MR) is 66.1 cm³/mol. The van der Waals surface area contributed by atoms with Crippen LogP contribution in [0, 0.1) is 12.7 Å². The van der Waals surface area contributed by atoms with Crippen LogP contribution in [0.3, 0.4) is 0 Å². The first-order valence-corrected chi connectivity index (χ1v) is 5.72. The molecule has 2 rings (SSSR count). The van der Waals surface area contributed by atoms with Gasteiger partial charge in [-0.25, -0.2) is 4.39 Å². The molecule has 0 saturated carbocycles. The van der Waals surface area contributed by atoms with E-state index >= 15 is 0 Å². The van der Waals surface area contributed by atoms with Gasteiger partial charge in [0.25, 0.3) is 0 Å². The van der Waals surface area contributed by atoms with Crippen molar-refractivity contribution in [2.24, 2.45) is 0 Å². The largest absolute Gasteiger partial charge is 0.311 e. The van der Waals surface area contributed by atoms with E-state index in [1.54, 1.807) is 6.07 Å². The van der Waals surface area contributed by atoms with Crippen LogP contribution in [0.5, 0.6) is 0 Å². The van der Waals surface area contributed by atoms with Gasteiger partial charge in [0.15, 0.2) is 0 Å². The Morgan fingerprint density at radius 3 is 2.88 bits per heavy atom. The molecule has 0 atom stereocenters. The molecule has 4 heteroatoms. The van der Waals surface area contributed by atoms with Crippen LogP contribution in [0.1, 0.15) is 18.2 Å². The van der Waals surface area contributed by atoms with E-state index in [2.05, 4.69) is 22.4 Å². The number of aryl methyl sites for hydroxylation is 1. The maximum absolute atomic E-state index is 13.0. The van der Waals surface area contributed by atoms with E-state index in [1.165, 1.54) is 12.1 Å². The fourth-order valence-electron chi connectivity index (χ4n) is 1.76. The van der Waals surface area contributed by atoms with Gasteiger partial charge in [0.2, 0.25) is 0 Å². The van der Waals surface area contributed by atoms with Crippen LogP contribution >= 0.6 is 0 Å². The molecule has 0 unspecified atom stereocenters. The highest BCUT2D eigenvalue weighted by Crippen LogP contribution is 2.22. The van der Waals surface area contributed by atoms with Gasteiger partial charge < -0.3 is 5.32 Å². The van der Waals surface area contributed by atoms with Crippen molar-refractivity contribution in [1.82, 2.24) is 15.5 Å². The van der Waals surface area contributed by atoms with Gasteiger partial charge in [-0.3, -0.25) is 5.10 Å². The standard InChI is InChI=1S/C13H16FN3/c1-3-15-8-11-7-13(17-16-11)12-5-4-10(14)6-9(12)2/h4-7,15H,3,8H2,1-2H3,(H,16,17). The number of halogens is 1. The number of hydrogen-bond donors (Lipinski definition) is 2. The van der Waals surface area contributed by atoms with Gasteiger partial charge in [0, 0.05) is 17.8 Å². The lowest BCUT2D eigenvalue weighted by Gasteiger charge is -2.01. The van der Waals surface area contributed by atoms with Crippen molar-refractivity contribution in [1.29, 1.82) is 0 Å². The summed E-state index contributed by atoms with van der Waals surface area (Å²) in [7, 11) is 0. The zero-order valence-corrected chi connectivity index (χ0v) is 10.0. The summed E-state index contributed by atoms with van der Waals surface area (Å²) in [5, 5.41) is 10.4. The summed E-state index contributed by atoms with van der Waals surface area (Å²) in [5.74, 6) is -0.213. The fourth-order valence-corrected chi connectivity index (χ4v) is 1.76. The summed E-state index contributed by atoms with van der Waals surface area (Å²) in [4.78, 5) is 0. The van der Waals surface area contributed by atoms with E-state index in [0.29, 0.717) is 0 Å². The normalized spacial score (nSPS) is 10.8. The van der Waals surface area contributed by atoms with Gasteiger partial charge in [-0.1, -0.05) is 6.92 Å². The number of rotatable bonds is 4. The van der Waals surface area contributed by atoms with Gasteiger partial charge >= 0.3 is 0 Å². The number of aromatic nitrogens is 2. The minimum atomic E-state index is -0.213.